The Bertz CT molecular complexity index is 1010. The molecule has 8 nitrogen and oxygen atoms in total. The molecule has 4 rings (SSSR count). The van der Waals surface area contributed by atoms with Gasteiger partial charge < -0.3 is 20.1 Å². The normalized spacial score (nSPS) is 15.8. The molecule has 0 amide bonds. The molecule has 0 bridgehead atoms. The van der Waals surface area contributed by atoms with E-state index < -0.39 is 5.97 Å². The van der Waals surface area contributed by atoms with Crippen molar-refractivity contribution in [3.8, 4) is 16.9 Å². The number of aliphatic carboxylic acids is 1. The first-order valence-corrected chi connectivity index (χ1v) is 9.26. The molecule has 2 aromatic heterocycles. The Labute approximate surface area is 162 Å². The van der Waals surface area contributed by atoms with Crippen molar-refractivity contribution in [2.24, 2.45) is 0 Å². The monoisotopic (exact) mass is 381 g/mol. The lowest BCUT2D eigenvalue weighted by molar-refractivity contribution is -0.138. The van der Waals surface area contributed by atoms with Crippen LogP contribution in [0.25, 0.3) is 22.2 Å². The van der Waals surface area contributed by atoms with E-state index in [0.717, 1.165) is 53.8 Å². The zero-order valence-corrected chi connectivity index (χ0v) is 15.7. The van der Waals surface area contributed by atoms with E-state index >= 15 is 0 Å². The fraction of sp³-hybridized carbons (Fsp3) is 0.350. The molecule has 0 spiro atoms. The van der Waals surface area contributed by atoms with E-state index in [4.69, 9.17) is 15.6 Å². The van der Waals surface area contributed by atoms with Crippen LogP contribution in [0.3, 0.4) is 0 Å². The van der Waals surface area contributed by atoms with Crippen molar-refractivity contribution in [3.63, 3.8) is 0 Å². The van der Waals surface area contributed by atoms with Gasteiger partial charge in [-0.05, 0) is 30.5 Å². The highest BCUT2D eigenvalue weighted by Crippen LogP contribution is 2.37. The lowest BCUT2D eigenvalue weighted by Crippen LogP contribution is -2.37. The Kier molecular flexibility index (Phi) is 4.87. The molecule has 3 heterocycles. The summed E-state index contributed by atoms with van der Waals surface area (Å²) in [5, 5.41) is 9.84. The molecule has 8 heteroatoms. The number of nitrogens with zero attached hydrogens (tertiary/aromatic N) is 4. The van der Waals surface area contributed by atoms with Crippen LogP contribution >= 0.6 is 0 Å². The predicted octanol–water partition coefficient (Wildman–Crippen LogP) is 2.41. The average Bonchev–Trinajstić information content (AvgIpc) is 3.09. The molecule has 0 atom stereocenters. The van der Waals surface area contributed by atoms with Gasteiger partial charge in [0.25, 0.3) is 0 Å². The van der Waals surface area contributed by atoms with Crippen LogP contribution in [0.1, 0.15) is 18.9 Å². The van der Waals surface area contributed by atoms with Gasteiger partial charge in [-0.25, -0.2) is 9.97 Å². The maximum absolute atomic E-state index is 11.0. The third kappa shape index (κ3) is 3.38. The topological polar surface area (TPSA) is 106 Å². The molecule has 28 heavy (non-hydrogen) atoms. The van der Waals surface area contributed by atoms with Crippen molar-refractivity contribution in [1.82, 2.24) is 19.4 Å². The standard InChI is InChI=1S/C20H23N5O3/c1-28-15-4-2-3-13(9-15)16-10-25(20-18(16)19(21)22-12-23-20)14-5-7-24(8-6-14)11-17(26)27/h2-4,9-10,12,14H,5-8,11H2,1H3,(H,26,27)(H2,21,22,23). The SMILES string of the molecule is COc1cccc(-c2cn(C3CCN(CC(=O)O)CC3)c3ncnc(N)c23)c1. The second-order valence-corrected chi connectivity index (χ2v) is 7.04. The van der Waals surface area contributed by atoms with Crippen molar-refractivity contribution in [2.75, 3.05) is 32.5 Å². The maximum atomic E-state index is 11.0. The number of hydrogen-bond donors (Lipinski definition) is 2. The number of anilines is 1. The second kappa shape index (κ2) is 7.47. The number of carboxylic acid groups (broad SMARTS) is 1. The minimum Gasteiger partial charge on any atom is -0.497 e. The second-order valence-electron chi connectivity index (χ2n) is 7.04. The zero-order valence-electron chi connectivity index (χ0n) is 15.7. The summed E-state index contributed by atoms with van der Waals surface area (Å²) in [5.41, 5.74) is 8.99. The van der Waals surface area contributed by atoms with Crippen molar-refractivity contribution in [2.45, 2.75) is 18.9 Å². The Hall–Kier alpha value is -3.13. The Balaban J connectivity index is 1.72. The highest BCUT2D eigenvalue weighted by molar-refractivity contribution is 6.00. The number of aromatic nitrogens is 3. The molecule has 1 aromatic carbocycles. The van der Waals surface area contributed by atoms with Gasteiger partial charge in [-0.1, -0.05) is 12.1 Å². The third-order valence-electron chi connectivity index (χ3n) is 5.33. The molecule has 3 N–H and O–H groups in total. The van der Waals surface area contributed by atoms with Gasteiger partial charge in [0.05, 0.1) is 19.0 Å². The van der Waals surface area contributed by atoms with Crippen molar-refractivity contribution >= 4 is 22.8 Å². The number of carboxylic acids is 1. The summed E-state index contributed by atoms with van der Waals surface area (Å²) in [4.78, 5) is 21.6. The van der Waals surface area contributed by atoms with E-state index in [1.54, 1.807) is 7.11 Å². The summed E-state index contributed by atoms with van der Waals surface area (Å²) in [6.45, 7) is 1.57. The number of hydrogen-bond acceptors (Lipinski definition) is 6. The molecule has 0 aliphatic carbocycles. The minimum atomic E-state index is -0.786. The number of benzene rings is 1. The van der Waals surface area contributed by atoms with Crippen LogP contribution in [-0.4, -0.2) is 57.3 Å². The lowest BCUT2D eigenvalue weighted by Gasteiger charge is -2.31. The molecule has 0 radical (unpaired) electrons. The van der Waals surface area contributed by atoms with Crippen LogP contribution in [0.4, 0.5) is 5.82 Å². The van der Waals surface area contributed by atoms with Crippen LogP contribution in [0.2, 0.25) is 0 Å². The summed E-state index contributed by atoms with van der Waals surface area (Å²) in [7, 11) is 1.64. The van der Waals surface area contributed by atoms with E-state index in [2.05, 4.69) is 20.7 Å². The van der Waals surface area contributed by atoms with Gasteiger partial charge in [0.1, 0.15) is 23.5 Å². The molecule has 0 saturated carbocycles. The largest absolute Gasteiger partial charge is 0.497 e. The number of fused-ring (bicyclic) bond motifs is 1. The zero-order chi connectivity index (χ0) is 19.7. The molecule has 0 unspecified atom stereocenters. The predicted molar refractivity (Wildman–Crippen MR) is 106 cm³/mol. The van der Waals surface area contributed by atoms with Gasteiger partial charge in [0.2, 0.25) is 0 Å². The lowest BCUT2D eigenvalue weighted by atomic mass is 10.0. The molecule has 1 aliphatic heterocycles. The molecule has 146 valence electrons. The van der Waals surface area contributed by atoms with E-state index in [1.165, 1.54) is 6.33 Å². The van der Waals surface area contributed by atoms with Crippen molar-refractivity contribution < 1.29 is 14.6 Å². The van der Waals surface area contributed by atoms with E-state index in [1.807, 2.05) is 29.2 Å². The molecular weight excluding hydrogens is 358 g/mol. The van der Waals surface area contributed by atoms with Gasteiger partial charge in [0.15, 0.2) is 0 Å². The number of nitrogen functional groups attached to an aromatic ring is 1. The number of likely N-dealkylation sites (tertiary alicyclic amines) is 1. The van der Waals surface area contributed by atoms with E-state index in [0.29, 0.717) is 5.82 Å². The summed E-state index contributed by atoms with van der Waals surface area (Å²) < 4.78 is 7.53. The van der Waals surface area contributed by atoms with Gasteiger partial charge in [0, 0.05) is 30.9 Å². The molecular formula is C20H23N5O3. The number of piperidine rings is 1. The quantitative estimate of drug-likeness (QED) is 0.699. The van der Waals surface area contributed by atoms with Crippen LogP contribution in [0.5, 0.6) is 5.75 Å². The molecule has 1 fully saturated rings. The molecule has 3 aromatic rings. The van der Waals surface area contributed by atoms with Gasteiger partial charge >= 0.3 is 5.97 Å². The maximum Gasteiger partial charge on any atom is 0.317 e. The van der Waals surface area contributed by atoms with Crippen LogP contribution in [-0.2, 0) is 4.79 Å². The number of carbonyl (C=O) groups is 1. The summed E-state index contributed by atoms with van der Waals surface area (Å²) in [5.74, 6) is 0.436. The Morgan fingerprint density at radius 3 is 2.82 bits per heavy atom. The van der Waals surface area contributed by atoms with Gasteiger partial charge in [-0.2, -0.15) is 0 Å². The van der Waals surface area contributed by atoms with Gasteiger partial charge in [-0.3, -0.25) is 9.69 Å². The summed E-state index contributed by atoms with van der Waals surface area (Å²) in [6, 6.07) is 8.08. The smallest absolute Gasteiger partial charge is 0.317 e. The summed E-state index contributed by atoms with van der Waals surface area (Å²) >= 11 is 0. The van der Waals surface area contributed by atoms with Gasteiger partial charge in [-0.15, -0.1) is 0 Å². The van der Waals surface area contributed by atoms with E-state index in [-0.39, 0.29) is 12.6 Å². The highest BCUT2D eigenvalue weighted by atomic mass is 16.5. The number of methoxy groups -OCH3 is 1. The van der Waals surface area contributed by atoms with Crippen molar-refractivity contribution in [1.29, 1.82) is 0 Å². The Morgan fingerprint density at radius 1 is 1.32 bits per heavy atom. The fourth-order valence-corrected chi connectivity index (χ4v) is 3.94. The third-order valence-corrected chi connectivity index (χ3v) is 5.33. The highest BCUT2D eigenvalue weighted by Gasteiger charge is 2.25. The number of rotatable bonds is 5. The average molecular weight is 381 g/mol. The minimum absolute atomic E-state index is 0.0866. The number of ether oxygens (including phenoxy) is 1. The first kappa shape index (κ1) is 18.2. The van der Waals surface area contributed by atoms with Crippen molar-refractivity contribution in [3.05, 3.63) is 36.8 Å². The van der Waals surface area contributed by atoms with E-state index in [9.17, 15) is 4.79 Å². The fourth-order valence-electron chi connectivity index (χ4n) is 3.94. The molecule has 1 saturated heterocycles. The first-order chi connectivity index (χ1) is 13.6. The Morgan fingerprint density at radius 2 is 2.11 bits per heavy atom. The first-order valence-electron chi connectivity index (χ1n) is 9.26. The van der Waals surface area contributed by atoms with Crippen LogP contribution in [0.15, 0.2) is 36.8 Å². The number of nitrogens with two attached hydrogens (primary N) is 1. The molecule has 1 aliphatic rings. The summed E-state index contributed by atoms with van der Waals surface area (Å²) in [6.07, 6.45) is 5.29. The van der Waals surface area contributed by atoms with Crippen LogP contribution in [0, 0.1) is 0 Å². The van der Waals surface area contributed by atoms with Crippen LogP contribution < -0.4 is 10.5 Å².